The van der Waals surface area contributed by atoms with E-state index in [1.807, 2.05) is 36.4 Å². The Hall–Kier alpha value is -4.63. The van der Waals surface area contributed by atoms with Gasteiger partial charge < -0.3 is 19.0 Å². The summed E-state index contributed by atoms with van der Waals surface area (Å²) in [5.41, 5.74) is 5.20. The normalized spacial score (nSPS) is 13.0. The lowest BCUT2D eigenvalue weighted by atomic mass is 9.95. The van der Waals surface area contributed by atoms with Crippen molar-refractivity contribution in [2.24, 2.45) is 0 Å². The van der Waals surface area contributed by atoms with Crippen LogP contribution in [0.15, 0.2) is 108 Å². The SMILES string of the molecule is COC(=O)CC(CNC(=O)OCC1c2ccccc2-c2ccccc21)c1ccc(OS(=O)(=O)c2ccccc2)cc1. The predicted molar refractivity (Wildman–Crippen MR) is 153 cm³/mol. The number of carbonyl (C=O) groups is 2. The number of carbonyl (C=O) groups excluding carboxylic acids is 2. The van der Waals surface area contributed by atoms with Gasteiger partial charge in [0.25, 0.3) is 0 Å². The summed E-state index contributed by atoms with van der Waals surface area (Å²) in [6, 6.07) is 30.3. The highest BCUT2D eigenvalue weighted by Gasteiger charge is 2.29. The van der Waals surface area contributed by atoms with Crippen LogP contribution in [0.4, 0.5) is 4.79 Å². The highest BCUT2D eigenvalue weighted by atomic mass is 32.2. The molecule has 4 aromatic carbocycles. The topological polar surface area (TPSA) is 108 Å². The molecule has 0 aliphatic heterocycles. The number of hydrogen-bond acceptors (Lipinski definition) is 7. The summed E-state index contributed by atoms with van der Waals surface area (Å²) in [6.45, 7) is 0.276. The van der Waals surface area contributed by atoms with Crippen molar-refractivity contribution in [3.8, 4) is 16.9 Å². The average molecular weight is 572 g/mol. The Bertz CT molecular complexity index is 1590. The van der Waals surface area contributed by atoms with Crippen molar-refractivity contribution in [1.82, 2.24) is 5.32 Å². The standard InChI is InChI=1S/C32H29NO7S/c1-38-31(34)19-23(22-15-17-24(18-16-22)40-41(36,37)25-9-3-2-4-10-25)20-33-32(35)39-21-30-28-13-7-5-11-26(28)27-12-6-8-14-29(27)30/h2-18,23,30H,19-21H2,1H3,(H,33,35). The number of rotatable bonds is 10. The van der Waals surface area contributed by atoms with Crippen LogP contribution >= 0.6 is 0 Å². The van der Waals surface area contributed by atoms with Crippen molar-refractivity contribution in [3.63, 3.8) is 0 Å². The second-order valence-corrected chi connectivity index (χ2v) is 11.1. The smallest absolute Gasteiger partial charge is 0.407 e. The van der Waals surface area contributed by atoms with Crippen LogP contribution in [0.2, 0.25) is 0 Å². The Morgan fingerprint density at radius 2 is 1.39 bits per heavy atom. The van der Waals surface area contributed by atoms with Crippen LogP contribution in [0.3, 0.4) is 0 Å². The number of amides is 1. The number of hydrogen-bond donors (Lipinski definition) is 1. The van der Waals surface area contributed by atoms with E-state index in [0.29, 0.717) is 5.56 Å². The Balaban J connectivity index is 1.22. The predicted octanol–water partition coefficient (Wildman–Crippen LogP) is 5.64. The summed E-state index contributed by atoms with van der Waals surface area (Å²) in [7, 11) is -2.69. The fraction of sp³-hybridized carbons (Fsp3) is 0.188. The van der Waals surface area contributed by atoms with E-state index in [-0.39, 0.29) is 36.1 Å². The van der Waals surface area contributed by atoms with Gasteiger partial charge in [0.05, 0.1) is 13.5 Å². The highest BCUT2D eigenvalue weighted by Crippen LogP contribution is 2.44. The van der Waals surface area contributed by atoms with Gasteiger partial charge in [-0.15, -0.1) is 0 Å². The first-order valence-electron chi connectivity index (χ1n) is 13.1. The van der Waals surface area contributed by atoms with Crippen molar-refractivity contribution >= 4 is 22.2 Å². The largest absolute Gasteiger partial charge is 0.469 e. The molecular formula is C32H29NO7S. The van der Waals surface area contributed by atoms with E-state index in [0.717, 1.165) is 22.3 Å². The summed E-state index contributed by atoms with van der Waals surface area (Å²) in [5, 5.41) is 2.76. The molecule has 0 fully saturated rings. The molecule has 0 spiro atoms. The van der Waals surface area contributed by atoms with Crippen LogP contribution in [0.25, 0.3) is 11.1 Å². The van der Waals surface area contributed by atoms with Gasteiger partial charge in [-0.2, -0.15) is 8.42 Å². The van der Waals surface area contributed by atoms with Crippen LogP contribution in [-0.2, 0) is 24.4 Å². The molecule has 1 unspecified atom stereocenters. The first-order valence-corrected chi connectivity index (χ1v) is 14.5. The van der Waals surface area contributed by atoms with E-state index in [1.165, 1.54) is 31.4 Å². The third-order valence-corrected chi connectivity index (χ3v) is 8.33. The van der Waals surface area contributed by atoms with Gasteiger partial charge in [-0.3, -0.25) is 4.79 Å². The van der Waals surface area contributed by atoms with Gasteiger partial charge in [0.1, 0.15) is 17.3 Å². The maximum Gasteiger partial charge on any atom is 0.407 e. The molecule has 1 aliphatic carbocycles. The minimum absolute atomic E-state index is 0.00265. The zero-order chi connectivity index (χ0) is 28.8. The highest BCUT2D eigenvalue weighted by molar-refractivity contribution is 7.87. The van der Waals surface area contributed by atoms with Crippen molar-refractivity contribution in [2.45, 2.75) is 23.2 Å². The maximum atomic E-state index is 12.7. The van der Waals surface area contributed by atoms with E-state index in [2.05, 4.69) is 17.4 Å². The molecule has 9 heteroatoms. The lowest BCUT2D eigenvalue weighted by Crippen LogP contribution is -2.31. The van der Waals surface area contributed by atoms with Gasteiger partial charge in [-0.25, -0.2) is 4.79 Å². The van der Waals surface area contributed by atoms with Gasteiger partial charge >= 0.3 is 22.2 Å². The Morgan fingerprint density at radius 3 is 2.00 bits per heavy atom. The van der Waals surface area contributed by atoms with Gasteiger partial charge in [0, 0.05) is 18.4 Å². The van der Waals surface area contributed by atoms with Crippen LogP contribution in [0.5, 0.6) is 5.75 Å². The van der Waals surface area contributed by atoms with E-state index in [1.54, 1.807) is 30.3 Å². The lowest BCUT2D eigenvalue weighted by Gasteiger charge is -2.19. The van der Waals surface area contributed by atoms with Crippen LogP contribution in [0, 0.1) is 0 Å². The molecule has 1 atom stereocenters. The average Bonchev–Trinajstić information content (AvgIpc) is 3.32. The lowest BCUT2D eigenvalue weighted by molar-refractivity contribution is -0.141. The van der Waals surface area contributed by atoms with Crippen molar-refractivity contribution in [1.29, 1.82) is 0 Å². The number of benzene rings is 4. The fourth-order valence-corrected chi connectivity index (χ4v) is 5.96. The van der Waals surface area contributed by atoms with Crippen molar-refractivity contribution in [3.05, 3.63) is 120 Å². The Morgan fingerprint density at radius 1 is 0.805 bits per heavy atom. The fourth-order valence-electron chi connectivity index (χ4n) is 5.01. The van der Waals surface area contributed by atoms with Gasteiger partial charge in [0.2, 0.25) is 0 Å². The second kappa shape index (κ2) is 12.3. The molecule has 1 N–H and O–H groups in total. The molecule has 0 saturated carbocycles. The zero-order valence-electron chi connectivity index (χ0n) is 22.4. The number of alkyl carbamates (subject to hydrolysis) is 1. The molecule has 0 bridgehead atoms. The summed E-state index contributed by atoms with van der Waals surface area (Å²) in [6.07, 6.45) is -0.599. The van der Waals surface area contributed by atoms with Gasteiger partial charge in [0.15, 0.2) is 0 Å². The Labute approximate surface area is 239 Å². The van der Waals surface area contributed by atoms with E-state index in [9.17, 15) is 18.0 Å². The first kappa shape index (κ1) is 27.9. The number of fused-ring (bicyclic) bond motifs is 3. The summed E-state index contributed by atoms with van der Waals surface area (Å²) >= 11 is 0. The molecular weight excluding hydrogens is 542 g/mol. The van der Waals surface area contributed by atoms with Crippen LogP contribution in [0.1, 0.15) is 34.9 Å². The monoisotopic (exact) mass is 571 g/mol. The molecule has 1 amide bonds. The molecule has 4 aromatic rings. The minimum atomic E-state index is -3.99. The summed E-state index contributed by atoms with van der Waals surface area (Å²) < 4.78 is 40.8. The van der Waals surface area contributed by atoms with E-state index >= 15 is 0 Å². The molecule has 1 aliphatic rings. The van der Waals surface area contributed by atoms with Gasteiger partial charge in [-0.05, 0) is 52.1 Å². The van der Waals surface area contributed by atoms with Gasteiger partial charge in [-0.1, -0.05) is 78.9 Å². The molecule has 0 radical (unpaired) electrons. The van der Waals surface area contributed by atoms with Crippen LogP contribution in [-0.4, -0.2) is 40.7 Å². The van der Waals surface area contributed by atoms with E-state index < -0.39 is 28.1 Å². The molecule has 210 valence electrons. The third-order valence-electron chi connectivity index (χ3n) is 7.07. The zero-order valence-corrected chi connectivity index (χ0v) is 23.2. The second-order valence-electron chi connectivity index (χ2n) is 9.60. The molecule has 0 saturated heterocycles. The molecule has 0 aromatic heterocycles. The molecule has 8 nitrogen and oxygen atoms in total. The first-order chi connectivity index (χ1) is 19.9. The Kier molecular flexibility index (Phi) is 8.35. The summed E-state index contributed by atoms with van der Waals surface area (Å²) in [4.78, 5) is 24.9. The third kappa shape index (κ3) is 6.41. The maximum absolute atomic E-state index is 12.7. The number of ether oxygens (including phenoxy) is 2. The number of esters is 1. The molecule has 0 heterocycles. The molecule has 5 rings (SSSR count). The minimum Gasteiger partial charge on any atom is -0.469 e. The quantitative estimate of drug-likeness (QED) is 0.194. The van der Waals surface area contributed by atoms with Crippen molar-refractivity contribution < 1.29 is 31.7 Å². The van der Waals surface area contributed by atoms with Crippen LogP contribution < -0.4 is 9.50 Å². The summed E-state index contributed by atoms with van der Waals surface area (Å²) in [5.74, 6) is -0.836. The van der Waals surface area contributed by atoms with E-state index in [4.69, 9.17) is 13.7 Å². The number of methoxy groups -OCH3 is 1. The van der Waals surface area contributed by atoms with Crippen molar-refractivity contribution in [2.75, 3.05) is 20.3 Å². The number of nitrogens with one attached hydrogen (secondary N) is 1. The molecule has 41 heavy (non-hydrogen) atoms.